The van der Waals surface area contributed by atoms with Gasteiger partial charge in [-0.05, 0) is 0 Å². The third-order valence-corrected chi connectivity index (χ3v) is 0. The van der Waals surface area contributed by atoms with E-state index in [1.54, 1.807) is 0 Å². The Morgan fingerprint density at radius 1 is 0.429 bits per heavy atom. The van der Waals surface area contributed by atoms with Crippen molar-refractivity contribution < 1.29 is 84.8 Å². The van der Waals surface area contributed by atoms with Crippen molar-refractivity contribution in [3.8, 4) is 0 Å². The van der Waals surface area contributed by atoms with Crippen molar-refractivity contribution in [3.63, 3.8) is 0 Å². The Kier molecular flexibility index (Phi) is 3260. The van der Waals surface area contributed by atoms with Gasteiger partial charge in [0.25, 0.3) is 0 Å². The second-order valence-electron chi connectivity index (χ2n) is 0. The average Bonchev–Trinajstić information content (AvgIpc) is 0. The molecule has 0 bridgehead atoms. The molecule has 0 aliphatic heterocycles. The maximum absolute atomic E-state index is 0. The summed E-state index contributed by atoms with van der Waals surface area (Å²) in [5, 5.41) is 0. The van der Waals surface area contributed by atoms with Crippen molar-refractivity contribution >= 4 is 0 Å². The van der Waals surface area contributed by atoms with E-state index in [0.717, 1.165) is 0 Å². The van der Waals surface area contributed by atoms with Crippen LogP contribution in [0.5, 0.6) is 0 Å². The first kappa shape index (κ1) is 185. The Morgan fingerprint density at radius 2 is 0.429 bits per heavy atom. The zero-order valence-electron chi connectivity index (χ0n) is 3.00. The van der Waals surface area contributed by atoms with Crippen LogP contribution in [-0.4, -0.2) is 27.4 Å². The van der Waals surface area contributed by atoms with Crippen LogP contribution in [0.2, 0.25) is 0 Å². The number of hydrogen-bond acceptors (Lipinski definition) is 5. The molecule has 0 aromatic heterocycles. The molecule has 0 aromatic carbocycles. The molecule has 5 nitrogen and oxygen atoms in total. The summed E-state index contributed by atoms with van der Waals surface area (Å²) in [6.45, 7) is 0. The van der Waals surface area contributed by atoms with Crippen molar-refractivity contribution in [3.05, 3.63) is 0 Å². The molecule has 5 N–H and O–H groups in total. The first-order chi connectivity index (χ1) is 0. The second-order valence-corrected chi connectivity index (χ2v) is 0. The second kappa shape index (κ2) is 124. The van der Waals surface area contributed by atoms with E-state index in [9.17, 15) is 0 Å². The van der Waals surface area contributed by atoms with Crippen LogP contribution < -0.4 is 0 Å². The molecular weight excluding hydrogens is 286 g/mol. The fourth-order valence-electron chi connectivity index (χ4n) is 0. The summed E-state index contributed by atoms with van der Waals surface area (Å²) in [7, 11) is 0. The van der Waals surface area contributed by atoms with Crippen LogP contribution in [0.15, 0.2) is 0 Å². The van der Waals surface area contributed by atoms with Crippen molar-refractivity contribution in [2.24, 2.45) is 0 Å². The van der Waals surface area contributed by atoms with E-state index in [1.165, 1.54) is 0 Å². The van der Waals surface area contributed by atoms with Crippen LogP contribution in [0.1, 0.15) is 0 Å². The summed E-state index contributed by atoms with van der Waals surface area (Å²) >= 11 is 0. The Labute approximate surface area is 84.0 Å². The van der Waals surface area contributed by atoms with Gasteiger partial charge in [-0.15, -0.1) is 0 Å². The van der Waals surface area contributed by atoms with E-state index < -0.39 is 0 Å². The topological polar surface area (TPSA) is 150 Å². The van der Waals surface area contributed by atoms with Gasteiger partial charge in [-0.3, -0.25) is 0 Å². The molecule has 0 amide bonds. The minimum atomic E-state index is 0. The smallest absolute Gasteiger partial charge is 0.870 e. The molecule has 0 atom stereocenters. The van der Waals surface area contributed by atoms with Gasteiger partial charge in [0.15, 0.2) is 0 Å². The van der Waals surface area contributed by atoms with Crippen molar-refractivity contribution in [2.75, 3.05) is 0 Å². The molecule has 0 saturated heterocycles. The van der Waals surface area contributed by atoms with Crippen molar-refractivity contribution in [2.45, 2.75) is 0 Å². The monoisotopic (exact) mass is 293 g/mol. The molecule has 7 heavy (non-hydrogen) atoms. The largest absolute Gasteiger partial charge is 3.00 e. The Morgan fingerprint density at radius 3 is 0.429 bits per heavy atom. The van der Waals surface area contributed by atoms with Crippen molar-refractivity contribution in [1.29, 1.82) is 0 Å². The summed E-state index contributed by atoms with van der Waals surface area (Å²) in [5.41, 5.74) is 0. The Bertz CT molecular complexity index is 8.04. The van der Waals surface area contributed by atoms with Crippen LogP contribution in [0.25, 0.3) is 0 Å². The third-order valence-electron chi connectivity index (χ3n) is 0. The summed E-state index contributed by atoms with van der Waals surface area (Å²) in [4.78, 5) is 0. The molecule has 1 radical (unpaired) electrons. The van der Waals surface area contributed by atoms with E-state index in [0.29, 0.717) is 0 Å². The predicted octanol–water partition coefficient (Wildman–Crippen LogP) is -0.886. The molecule has 0 aliphatic rings. The van der Waals surface area contributed by atoms with Gasteiger partial charge in [-0.2, -0.15) is 0 Å². The van der Waals surface area contributed by atoms with E-state index in [-0.39, 0.29) is 84.8 Å². The first-order valence-electron chi connectivity index (χ1n) is 0. The molecule has 0 fully saturated rings. The first-order valence-corrected chi connectivity index (χ1v) is 0. The molecule has 0 heterocycles. The molecule has 0 saturated carbocycles. The molecule has 0 unspecified atom stereocenters. The summed E-state index contributed by atoms with van der Waals surface area (Å²) in [6, 6.07) is 0. The van der Waals surface area contributed by atoms with Crippen LogP contribution in [0, 0.1) is 40.4 Å². The average molecular weight is 291 g/mol. The molecule has 0 aromatic rings. The van der Waals surface area contributed by atoms with E-state index in [1.807, 2.05) is 0 Å². The van der Waals surface area contributed by atoms with E-state index in [2.05, 4.69) is 0 Å². The summed E-state index contributed by atoms with van der Waals surface area (Å²) in [6.07, 6.45) is 0. The molecule has 49 valence electrons. The van der Waals surface area contributed by atoms with Gasteiger partial charge in [-0.1, -0.05) is 0 Å². The third kappa shape index (κ3) is 89.2. The summed E-state index contributed by atoms with van der Waals surface area (Å²) in [5.74, 6) is 0. The van der Waals surface area contributed by atoms with Gasteiger partial charge in [0.1, 0.15) is 0 Å². The maximum atomic E-state index is 0. The molecular formula is H5FeO5Sm. The van der Waals surface area contributed by atoms with Gasteiger partial charge in [0, 0.05) is 0 Å². The predicted molar refractivity (Wildman–Crippen MR) is 9.68 cm³/mol. The number of hydrogen-bond donors (Lipinski definition) is 0. The van der Waals surface area contributed by atoms with Gasteiger partial charge >= 0.3 is 57.5 Å². The fourth-order valence-corrected chi connectivity index (χ4v) is 0. The van der Waals surface area contributed by atoms with Gasteiger partial charge in [-0.25, -0.2) is 0 Å². The summed E-state index contributed by atoms with van der Waals surface area (Å²) < 4.78 is 0. The molecule has 7 heteroatoms. The standard InChI is InChI=1S/Fe.5H2O.Sm/h;5*1H2;/q+2;;;;;;+3/p-5. The molecule has 0 rings (SSSR count). The van der Waals surface area contributed by atoms with Crippen LogP contribution in [0.4, 0.5) is 0 Å². The van der Waals surface area contributed by atoms with Gasteiger partial charge in [0.05, 0.1) is 0 Å². The van der Waals surface area contributed by atoms with Crippen LogP contribution in [-0.2, 0) is 17.1 Å². The van der Waals surface area contributed by atoms with Crippen LogP contribution >= 0.6 is 0 Å². The number of rotatable bonds is 0. The minimum absolute atomic E-state index is 0. The zero-order valence-corrected chi connectivity index (χ0v) is 6.72. The van der Waals surface area contributed by atoms with Crippen molar-refractivity contribution in [1.82, 2.24) is 0 Å². The Balaban J connectivity index is 0. The minimum Gasteiger partial charge on any atom is -0.870 e. The van der Waals surface area contributed by atoms with Gasteiger partial charge < -0.3 is 27.4 Å². The van der Waals surface area contributed by atoms with Crippen LogP contribution in [0.3, 0.4) is 0 Å². The normalized spacial score (nSPS) is 0. The fraction of sp³-hybridized carbons (Fsp3) is 0. The van der Waals surface area contributed by atoms with E-state index in [4.69, 9.17) is 0 Å². The quantitative estimate of drug-likeness (QED) is 0.530. The molecule has 0 spiro atoms. The molecule has 0 aliphatic carbocycles. The maximum Gasteiger partial charge on any atom is 3.00 e. The SMILES string of the molecule is [Fe+2].[OH-].[OH-].[OH-].[OH-].[OH-].[Sm+3]. The zero-order chi connectivity index (χ0) is 0. The van der Waals surface area contributed by atoms with E-state index >= 15 is 0 Å². The van der Waals surface area contributed by atoms with Gasteiger partial charge in [0.2, 0.25) is 0 Å². The Hall–Kier alpha value is 1.66.